The highest BCUT2D eigenvalue weighted by molar-refractivity contribution is 5.35. The number of piperazine rings is 1. The third-order valence-corrected chi connectivity index (χ3v) is 3.69. The predicted molar refractivity (Wildman–Crippen MR) is 80.0 cm³/mol. The fraction of sp³-hybridized carbons (Fsp3) is 0.625. The average Bonchev–Trinajstić information content (AvgIpc) is 2.45. The Morgan fingerprint density at radius 3 is 2.74 bits per heavy atom. The molecule has 3 nitrogen and oxygen atoms in total. The molecule has 1 aliphatic heterocycles. The van der Waals surface area contributed by atoms with Crippen LogP contribution in [-0.4, -0.2) is 44.2 Å². The molecule has 19 heavy (non-hydrogen) atoms. The number of benzene rings is 1. The van der Waals surface area contributed by atoms with Gasteiger partial charge in [-0.25, -0.2) is 0 Å². The number of aryl methyl sites for hydroxylation is 1. The quantitative estimate of drug-likeness (QED) is 0.851. The number of nitrogens with one attached hydrogen (secondary N) is 1. The summed E-state index contributed by atoms with van der Waals surface area (Å²) < 4.78 is 5.67. The van der Waals surface area contributed by atoms with Gasteiger partial charge in [0.2, 0.25) is 0 Å². The number of rotatable bonds is 6. The van der Waals surface area contributed by atoms with Crippen molar-refractivity contribution in [3.8, 4) is 5.75 Å². The molecule has 1 aromatic rings. The van der Waals surface area contributed by atoms with E-state index in [-0.39, 0.29) is 0 Å². The number of hydrogen-bond donors (Lipinski definition) is 1. The van der Waals surface area contributed by atoms with E-state index in [1.54, 1.807) is 0 Å². The van der Waals surface area contributed by atoms with Crippen LogP contribution in [0.15, 0.2) is 18.2 Å². The van der Waals surface area contributed by atoms with Gasteiger partial charge >= 0.3 is 0 Å². The molecule has 106 valence electrons. The highest BCUT2D eigenvalue weighted by Crippen LogP contribution is 2.18. The molecule has 3 heteroatoms. The van der Waals surface area contributed by atoms with E-state index in [0.717, 1.165) is 44.8 Å². The second-order valence-corrected chi connectivity index (χ2v) is 5.28. The monoisotopic (exact) mass is 262 g/mol. The fourth-order valence-electron chi connectivity index (χ4n) is 2.47. The minimum Gasteiger partial charge on any atom is -0.494 e. The van der Waals surface area contributed by atoms with Gasteiger partial charge in [0, 0.05) is 32.7 Å². The molecule has 0 spiro atoms. The van der Waals surface area contributed by atoms with E-state index < -0.39 is 0 Å². The molecule has 1 fully saturated rings. The first-order valence-corrected chi connectivity index (χ1v) is 7.45. The summed E-state index contributed by atoms with van der Waals surface area (Å²) in [7, 11) is 0. The standard InChI is InChI=1S/C16H26N2O/c1-3-12-19-16-5-4-15(14(2)13-16)6-9-18-10-7-17-8-11-18/h4-5,13,17H,3,6-12H2,1-2H3. The van der Waals surface area contributed by atoms with Gasteiger partial charge < -0.3 is 15.0 Å². The maximum absolute atomic E-state index is 5.67. The highest BCUT2D eigenvalue weighted by atomic mass is 16.5. The van der Waals surface area contributed by atoms with Crippen LogP contribution in [0.2, 0.25) is 0 Å². The molecular formula is C16H26N2O. The Labute approximate surface area is 116 Å². The van der Waals surface area contributed by atoms with Crippen molar-refractivity contribution >= 4 is 0 Å². The molecule has 1 aliphatic rings. The van der Waals surface area contributed by atoms with Crippen molar-refractivity contribution in [2.75, 3.05) is 39.3 Å². The molecule has 0 aliphatic carbocycles. The first-order chi connectivity index (χ1) is 9.29. The number of ether oxygens (including phenoxy) is 1. The summed E-state index contributed by atoms with van der Waals surface area (Å²) in [5, 5.41) is 3.39. The first kappa shape index (κ1) is 14.4. The zero-order valence-electron chi connectivity index (χ0n) is 12.2. The molecule has 0 saturated carbocycles. The summed E-state index contributed by atoms with van der Waals surface area (Å²) in [6.07, 6.45) is 2.20. The van der Waals surface area contributed by atoms with Crippen molar-refractivity contribution in [2.45, 2.75) is 26.7 Å². The van der Waals surface area contributed by atoms with Crippen LogP contribution >= 0.6 is 0 Å². The lowest BCUT2D eigenvalue weighted by molar-refractivity contribution is 0.243. The second kappa shape index (κ2) is 7.51. The Bertz CT molecular complexity index is 386. The molecule has 0 unspecified atom stereocenters. The molecule has 1 N–H and O–H groups in total. The van der Waals surface area contributed by atoms with Crippen molar-refractivity contribution in [3.05, 3.63) is 29.3 Å². The van der Waals surface area contributed by atoms with Crippen molar-refractivity contribution in [3.63, 3.8) is 0 Å². The van der Waals surface area contributed by atoms with E-state index in [1.807, 2.05) is 0 Å². The Kier molecular flexibility index (Phi) is 5.67. The Hall–Kier alpha value is -1.06. The third-order valence-electron chi connectivity index (χ3n) is 3.69. The van der Waals surface area contributed by atoms with Gasteiger partial charge in [0.1, 0.15) is 5.75 Å². The number of hydrogen-bond acceptors (Lipinski definition) is 3. The summed E-state index contributed by atoms with van der Waals surface area (Å²) in [5.74, 6) is 1.00. The van der Waals surface area contributed by atoms with Crippen LogP contribution in [-0.2, 0) is 6.42 Å². The van der Waals surface area contributed by atoms with Crippen LogP contribution in [0.5, 0.6) is 5.75 Å². The van der Waals surface area contributed by atoms with E-state index in [0.29, 0.717) is 0 Å². The molecule has 1 heterocycles. The smallest absolute Gasteiger partial charge is 0.119 e. The second-order valence-electron chi connectivity index (χ2n) is 5.28. The fourth-order valence-corrected chi connectivity index (χ4v) is 2.47. The molecule has 2 rings (SSSR count). The van der Waals surface area contributed by atoms with Gasteiger partial charge in [0.05, 0.1) is 6.61 Å². The van der Waals surface area contributed by atoms with Gasteiger partial charge in [0.25, 0.3) is 0 Å². The zero-order valence-corrected chi connectivity index (χ0v) is 12.2. The normalized spacial score (nSPS) is 16.5. The molecule has 1 aromatic carbocycles. The summed E-state index contributed by atoms with van der Waals surface area (Å²) in [4.78, 5) is 2.54. The lowest BCUT2D eigenvalue weighted by Gasteiger charge is -2.27. The van der Waals surface area contributed by atoms with Gasteiger partial charge in [-0.15, -0.1) is 0 Å². The molecule has 0 radical (unpaired) electrons. The average molecular weight is 262 g/mol. The van der Waals surface area contributed by atoms with Crippen molar-refractivity contribution < 1.29 is 4.74 Å². The van der Waals surface area contributed by atoms with Crippen LogP contribution in [0.3, 0.4) is 0 Å². The van der Waals surface area contributed by atoms with E-state index in [4.69, 9.17) is 4.74 Å². The molecule has 0 amide bonds. The topological polar surface area (TPSA) is 24.5 Å². The highest BCUT2D eigenvalue weighted by Gasteiger charge is 2.10. The van der Waals surface area contributed by atoms with E-state index >= 15 is 0 Å². The van der Waals surface area contributed by atoms with Gasteiger partial charge in [-0.2, -0.15) is 0 Å². The van der Waals surface area contributed by atoms with Crippen LogP contribution in [0.25, 0.3) is 0 Å². The SMILES string of the molecule is CCCOc1ccc(CCN2CCNCC2)c(C)c1. The van der Waals surface area contributed by atoms with Crippen LogP contribution < -0.4 is 10.1 Å². The molecule has 1 saturated heterocycles. The lowest BCUT2D eigenvalue weighted by Crippen LogP contribution is -2.44. The van der Waals surface area contributed by atoms with Crippen molar-refractivity contribution in [2.24, 2.45) is 0 Å². The zero-order chi connectivity index (χ0) is 13.5. The Balaban J connectivity index is 1.85. The summed E-state index contributed by atoms with van der Waals surface area (Å²) in [6, 6.07) is 6.50. The molecule has 0 atom stereocenters. The minimum atomic E-state index is 0.805. The maximum Gasteiger partial charge on any atom is 0.119 e. The molecular weight excluding hydrogens is 236 g/mol. The van der Waals surface area contributed by atoms with Crippen molar-refractivity contribution in [1.29, 1.82) is 0 Å². The van der Waals surface area contributed by atoms with Crippen LogP contribution in [0.1, 0.15) is 24.5 Å². The van der Waals surface area contributed by atoms with Gasteiger partial charge in [-0.3, -0.25) is 0 Å². The van der Waals surface area contributed by atoms with Crippen LogP contribution in [0.4, 0.5) is 0 Å². The first-order valence-electron chi connectivity index (χ1n) is 7.45. The van der Waals surface area contributed by atoms with Gasteiger partial charge in [0.15, 0.2) is 0 Å². The van der Waals surface area contributed by atoms with E-state index in [1.165, 1.54) is 24.2 Å². The largest absolute Gasteiger partial charge is 0.494 e. The third kappa shape index (κ3) is 4.51. The summed E-state index contributed by atoms with van der Waals surface area (Å²) >= 11 is 0. The van der Waals surface area contributed by atoms with E-state index in [2.05, 4.69) is 42.3 Å². The lowest BCUT2D eigenvalue weighted by atomic mass is 10.0. The number of nitrogens with zero attached hydrogens (tertiary/aromatic N) is 1. The minimum absolute atomic E-state index is 0.805. The predicted octanol–water partition coefficient (Wildman–Crippen LogP) is 2.23. The summed E-state index contributed by atoms with van der Waals surface area (Å²) in [5.41, 5.74) is 2.80. The Morgan fingerprint density at radius 1 is 1.26 bits per heavy atom. The van der Waals surface area contributed by atoms with E-state index in [9.17, 15) is 0 Å². The summed E-state index contributed by atoms with van der Waals surface area (Å²) in [6.45, 7) is 10.9. The maximum atomic E-state index is 5.67. The van der Waals surface area contributed by atoms with Gasteiger partial charge in [-0.05, 0) is 43.0 Å². The van der Waals surface area contributed by atoms with Crippen molar-refractivity contribution in [1.82, 2.24) is 10.2 Å². The van der Waals surface area contributed by atoms with Gasteiger partial charge in [-0.1, -0.05) is 13.0 Å². The molecule has 0 aromatic heterocycles. The Morgan fingerprint density at radius 2 is 2.05 bits per heavy atom. The molecule has 0 bridgehead atoms. The van der Waals surface area contributed by atoms with Crippen LogP contribution in [0, 0.1) is 6.92 Å².